The summed E-state index contributed by atoms with van der Waals surface area (Å²) in [5, 5.41) is 3.25. The van der Waals surface area contributed by atoms with Crippen molar-refractivity contribution in [3.63, 3.8) is 0 Å². The van der Waals surface area contributed by atoms with Crippen molar-refractivity contribution >= 4 is 6.21 Å². The summed E-state index contributed by atoms with van der Waals surface area (Å²) < 4.78 is 2.33. The molecule has 2 heteroatoms. The van der Waals surface area contributed by atoms with Crippen LogP contribution in [0.25, 0.3) is 0 Å². The highest BCUT2D eigenvalue weighted by atomic mass is 15.1. The number of hydrogen-bond acceptors (Lipinski definition) is 1. The van der Waals surface area contributed by atoms with E-state index in [4.69, 9.17) is 0 Å². The van der Waals surface area contributed by atoms with Gasteiger partial charge in [-0.1, -0.05) is 0 Å². The molecular weight excluding hydrogens is 100 g/mol. The van der Waals surface area contributed by atoms with Gasteiger partial charge in [0.25, 0.3) is 0 Å². The molecule has 0 atom stereocenters. The second-order valence-electron chi connectivity index (χ2n) is 2.02. The van der Waals surface area contributed by atoms with E-state index in [2.05, 4.69) is 23.0 Å². The highest BCUT2D eigenvalue weighted by Crippen LogP contribution is 1.76. The van der Waals surface area contributed by atoms with E-state index in [0.717, 1.165) is 19.6 Å². The normalized spacial score (nSPS) is 20.4. The average Bonchev–Trinajstić information content (AvgIpc) is 1.90. The molecule has 1 aliphatic heterocycles. The Morgan fingerprint density at radius 2 is 2.62 bits per heavy atom. The van der Waals surface area contributed by atoms with Gasteiger partial charge in [-0.3, -0.25) is 0 Å². The molecule has 0 aromatic heterocycles. The van der Waals surface area contributed by atoms with Crippen LogP contribution < -0.4 is 5.32 Å². The fourth-order valence-electron chi connectivity index (χ4n) is 0.897. The Morgan fingerprint density at radius 1 is 1.75 bits per heavy atom. The number of hydrogen-bond donors (Lipinski definition) is 1. The van der Waals surface area contributed by atoms with Crippen molar-refractivity contribution in [2.24, 2.45) is 0 Å². The van der Waals surface area contributed by atoms with E-state index in [-0.39, 0.29) is 0 Å². The first-order valence-electron chi connectivity index (χ1n) is 3.21. The lowest BCUT2D eigenvalue weighted by molar-refractivity contribution is -0.521. The minimum absolute atomic E-state index is 1.05. The predicted octanol–water partition coefficient (Wildman–Crippen LogP) is -0.307. The number of nitrogens with one attached hydrogen (secondary N) is 1. The molecule has 0 aromatic rings. The maximum atomic E-state index is 3.25. The zero-order valence-electron chi connectivity index (χ0n) is 5.35. The zero-order chi connectivity index (χ0) is 5.82. The van der Waals surface area contributed by atoms with Crippen LogP contribution in [0, 0.1) is 0 Å². The van der Waals surface area contributed by atoms with Crippen LogP contribution >= 0.6 is 0 Å². The first-order chi connectivity index (χ1) is 3.93. The Hall–Kier alpha value is -0.370. The van der Waals surface area contributed by atoms with Gasteiger partial charge in [-0.2, -0.15) is 0 Å². The lowest BCUT2D eigenvalue weighted by Crippen LogP contribution is -2.35. The predicted molar refractivity (Wildman–Crippen MR) is 34.6 cm³/mol. The Bertz CT molecular complexity index is 96.7. The first-order valence-corrected chi connectivity index (χ1v) is 3.21. The van der Waals surface area contributed by atoms with Gasteiger partial charge in [0.15, 0.2) is 12.8 Å². The summed E-state index contributed by atoms with van der Waals surface area (Å²) in [5.74, 6) is 0. The summed E-state index contributed by atoms with van der Waals surface area (Å²) >= 11 is 0. The van der Waals surface area contributed by atoms with Crippen molar-refractivity contribution in [2.75, 3.05) is 26.2 Å². The van der Waals surface area contributed by atoms with Gasteiger partial charge in [0.05, 0.1) is 13.1 Å². The summed E-state index contributed by atoms with van der Waals surface area (Å²) in [6.45, 7) is 6.71. The van der Waals surface area contributed by atoms with Crippen molar-refractivity contribution in [3.8, 4) is 0 Å². The highest BCUT2D eigenvalue weighted by molar-refractivity contribution is 5.54. The number of nitrogens with zero attached hydrogens (tertiary/aromatic N) is 1. The van der Waals surface area contributed by atoms with Gasteiger partial charge in [0, 0.05) is 0 Å². The largest absolute Gasteiger partial charge is 0.302 e. The van der Waals surface area contributed by atoms with Crippen LogP contribution in [-0.4, -0.2) is 37.0 Å². The molecule has 0 unspecified atom stereocenters. The van der Waals surface area contributed by atoms with Crippen molar-refractivity contribution < 1.29 is 4.58 Å². The maximum absolute atomic E-state index is 3.25. The van der Waals surface area contributed by atoms with E-state index in [1.807, 2.05) is 0 Å². The molecule has 1 N–H and O–H groups in total. The van der Waals surface area contributed by atoms with Gasteiger partial charge in [0.2, 0.25) is 0 Å². The molecule has 1 heterocycles. The second-order valence-corrected chi connectivity index (χ2v) is 2.02. The molecule has 0 aromatic carbocycles. The Kier molecular flexibility index (Phi) is 2.03. The van der Waals surface area contributed by atoms with E-state index in [0.29, 0.717) is 0 Å². The molecule has 0 radical (unpaired) electrons. The number of rotatable bonds is 1. The van der Waals surface area contributed by atoms with Gasteiger partial charge in [-0.15, -0.1) is 0 Å². The van der Waals surface area contributed by atoms with Gasteiger partial charge >= 0.3 is 0 Å². The molecule has 46 valence electrons. The van der Waals surface area contributed by atoms with Crippen LogP contribution in [0.2, 0.25) is 0 Å². The fraction of sp³-hybridized carbons (Fsp3) is 0.833. The summed E-state index contributed by atoms with van der Waals surface area (Å²) in [6.07, 6.45) is 2.21. The molecule has 8 heavy (non-hydrogen) atoms. The van der Waals surface area contributed by atoms with Crippen LogP contribution in [0.15, 0.2) is 0 Å². The van der Waals surface area contributed by atoms with Crippen LogP contribution in [0.3, 0.4) is 0 Å². The Balaban J connectivity index is 2.37. The quantitative estimate of drug-likeness (QED) is 0.461. The van der Waals surface area contributed by atoms with Crippen LogP contribution in [0.5, 0.6) is 0 Å². The summed E-state index contributed by atoms with van der Waals surface area (Å²) in [5.41, 5.74) is 0. The lowest BCUT2D eigenvalue weighted by atomic mass is 10.4. The summed E-state index contributed by atoms with van der Waals surface area (Å²) in [6, 6.07) is 0. The molecule has 0 aliphatic carbocycles. The molecule has 0 spiro atoms. The molecule has 0 fully saturated rings. The minimum atomic E-state index is 1.05. The molecular formula is C6H13N2+. The van der Waals surface area contributed by atoms with E-state index in [1.165, 1.54) is 6.54 Å². The number of likely N-dealkylation sites (N-methyl/N-ethyl adjacent to an activating group) is 1. The third-order valence-electron chi connectivity index (χ3n) is 1.48. The maximum Gasteiger partial charge on any atom is 0.154 e. The SMILES string of the molecule is CC[N+]1=CCNCC1. The molecule has 0 saturated carbocycles. The van der Waals surface area contributed by atoms with Gasteiger partial charge < -0.3 is 5.32 Å². The topological polar surface area (TPSA) is 15.0 Å². The zero-order valence-corrected chi connectivity index (χ0v) is 5.35. The van der Waals surface area contributed by atoms with Gasteiger partial charge in [0.1, 0.15) is 6.54 Å². The monoisotopic (exact) mass is 113 g/mol. The standard InChI is InChI=1S/C6H13N2/c1-2-8-5-3-7-4-6-8/h5,7H,2-4,6H2,1H3/q+1. The van der Waals surface area contributed by atoms with E-state index < -0.39 is 0 Å². The molecule has 0 bridgehead atoms. The van der Waals surface area contributed by atoms with E-state index in [9.17, 15) is 0 Å². The van der Waals surface area contributed by atoms with Crippen molar-refractivity contribution in [2.45, 2.75) is 6.92 Å². The Morgan fingerprint density at radius 3 is 3.00 bits per heavy atom. The Labute approximate surface area is 50.2 Å². The van der Waals surface area contributed by atoms with E-state index in [1.54, 1.807) is 0 Å². The fourth-order valence-corrected chi connectivity index (χ4v) is 0.897. The molecule has 1 aliphatic rings. The molecule has 2 nitrogen and oxygen atoms in total. The second kappa shape index (κ2) is 2.82. The third kappa shape index (κ3) is 1.30. The van der Waals surface area contributed by atoms with Crippen molar-refractivity contribution in [1.82, 2.24) is 5.32 Å². The smallest absolute Gasteiger partial charge is 0.154 e. The van der Waals surface area contributed by atoms with E-state index >= 15 is 0 Å². The molecule has 0 amide bonds. The molecule has 1 rings (SSSR count). The first kappa shape index (κ1) is 5.76. The highest BCUT2D eigenvalue weighted by Gasteiger charge is 2.03. The molecule has 0 saturated heterocycles. The van der Waals surface area contributed by atoms with Crippen LogP contribution in [-0.2, 0) is 0 Å². The van der Waals surface area contributed by atoms with Crippen molar-refractivity contribution in [3.05, 3.63) is 0 Å². The van der Waals surface area contributed by atoms with Crippen LogP contribution in [0.1, 0.15) is 6.92 Å². The minimum Gasteiger partial charge on any atom is -0.302 e. The third-order valence-corrected chi connectivity index (χ3v) is 1.48. The summed E-state index contributed by atoms with van der Waals surface area (Å²) in [7, 11) is 0. The van der Waals surface area contributed by atoms with Gasteiger partial charge in [-0.25, -0.2) is 4.58 Å². The van der Waals surface area contributed by atoms with Crippen LogP contribution in [0.4, 0.5) is 0 Å². The summed E-state index contributed by atoms with van der Waals surface area (Å²) in [4.78, 5) is 0. The van der Waals surface area contributed by atoms with Crippen molar-refractivity contribution in [1.29, 1.82) is 0 Å². The lowest BCUT2D eigenvalue weighted by Gasteiger charge is -2.06. The average molecular weight is 113 g/mol. The van der Waals surface area contributed by atoms with Gasteiger partial charge in [-0.05, 0) is 6.92 Å².